The quantitative estimate of drug-likeness (QED) is 0.818. The molecule has 4 unspecified atom stereocenters. The summed E-state index contributed by atoms with van der Waals surface area (Å²) in [6.45, 7) is 2.58. The van der Waals surface area contributed by atoms with Crippen LogP contribution in [-0.2, 0) is 25.4 Å². The fraction of sp³-hybridized carbons (Fsp3) is 0.500. The van der Waals surface area contributed by atoms with Crippen molar-refractivity contribution in [2.24, 2.45) is 17.8 Å². The van der Waals surface area contributed by atoms with Gasteiger partial charge in [0.15, 0.2) is 0 Å². The lowest BCUT2D eigenvalue weighted by molar-refractivity contribution is -0.145. The van der Waals surface area contributed by atoms with Gasteiger partial charge in [-0.25, -0.2) is 9.59 Å². The van der Waals surface area contributed by atoms with Crippen LogP contribution >= 0.6 is 0 Å². The lowest BCUT2D eigenvalue weighted by Gasteiger charge is -2.34. The molecule has 0 saturated heterocycles. The van der Waals surface area contributed by atoms with Gasteiger partial charge in [-0.05, 0) is 30.7 Å². The molecule has 1 amide bonds. The molecule has 1 aromatic carbocycles. The molecule has 0 radical (unpaired) electrons. The van der Waals surface area contributed by atoms with Gasteiger partial charge in [0, 0.05) is 18.4 Å². The summed E-state index contributed by atoms with van der Waals surface area (Å²) in [5, 5.41) is 2.76. The van der Waals surface area contributed by atoms with Gasteiger partial charge in [-0.3, -0.25) is 0 Å². The van der Waals surface area contributed by atoms with E-state index < -0.39 is 12.4 Å². The highest BCUT2D eigenvalue weighted by atomic mass is 16.7. The lowest BCUT2D eigenvalue weighted by Crippen LogP contribution is -2.41. The van der Waals surface area contributed by atoms with Crippen molar-refractivity contribution >= 4 is 12.1 Å². The second kappa shape index (κ2) is 8.25. The predicted octanol–water partition coefficient (Wildman–Crippen LogP) is 3.03. The number of rotatable bonds is 5. The molecule has 1 aliphatic heterocycles. The van der Waals surface area contributed by atoms with E-state index in [0.29, 0.717) is 18.0 Å². The predicted molar refractivity (Wildman–Crippen MR) is 95.0 cm³/mol. The van der Waals surface area contributed by atoms with Crippen LogP contribution < -0.4 is 5.32 Å². The summed E-state index contributed by atoms with van der Waals surface area (Å²) in [6, 6.07) is 9.93. The first-order chi connectivity index (χ1) is 12.6. The van der Waals surface area contributed by atoms with Crippen molar-refractivity contribution in [2.75, 3.05) is 13.7 Å². The minimum atomic E-state index is -0.678. The maximum Gasteiger partial charge on any atom is 0.410 e. The van der Waals surface area contributed by atoms with Crippen molar-refractivity contribution in [3.8, 4) is 0 Å². The van der Waals surface area contributed by atoms with Crippen molar-refractivity contribution in [3.05, 3.63) is 47.7 Å². The van der Waals surface area contributed by atoms with Crippen LogP contribution in [0.15, 0.2) is 42.2 Å². The molecule has 6 nitrogen and oxygen atoms in total. The first kappa shape index (κ1) is 18.3. The van der Waals surface area contributed by atoms with E-state index in [4.69, 9.17) is 14.2 Å². The number of esters is 1. The van der Waals surface area contributed by atoms with E-state index in [9.17, 15) is 9.59 Å². The van der Waals surface area contributed by atoms with Crippen LogP contribution in [0.4, 0.5) is 4.79 Å². The molecule has 1 aliphatic carbocycles. The lowest BCUT2D eigenvalue weighted by atomic mass is 9.83. The number of fused-ring (bicyclic) bond motifs is 1. The first-order valence-corrected chi connectivity index (χ1v) is 9.02. The van der Waals surface area contributed by atoms with E-state index in [1.807, 2.05) is 30.3 Å². The van der Waals surface area contributed by atoms with Crippen LogP contribution in [0, 0.1) is 17.8 Å². The molecule has 1 saturated carbocycles. The molecular weight excluding hydrogens is 334 g/mol. The Balaban J connectivity index is 1.56. The fourth-order valence-corrected chi connectivity index (χ4v) is 3.89. The SMILES string of the molecule is COC(=O)C1=COC(OC(=O)NCCc2ccccc2)C2C(C)CCC12. The molecule has 1 aromatic rings. The van der Waals surface area contributed by atoms with E-state index >= 15 is 0 Å². The number of benzene rings is 1. The van der Waals surface area contributed by atoms with E-state index in [0.717, 1.165) is 24.8 Å². The zero-order valence-electron chi connectivity index (χ0n) is 15.1. The fourth-order valence-electron chi connectivity index (χ4n) is 3.89. The average molecular weight is 359 g/mol. The molecule has 0 spiro atoms. The Hall–Kier alpha value is -2.50. The van der Waals surface area contributed by atoms with Gasteiger partial charge in [0.25, 0.3) is 0 Å². The summed E-state index contributed by atoms with van der Waals surface area (Å²) in [4.78, 5) is 24.1. The van der Waals surface area contributed by atoms with Crippen LogP contribution in [0.25, 0.3) is 0 Å². The number of hydrogen-bond donors (Lipinski definition) is 1. The van der Waals surface area contributed by atoms with Gasteiger partial charge >= 0.3 is 12.1 Å². The molecule has 26 heavy (non-hydrogen) atoms. The summed E-state index contributed by atoms with van der Waals surface area (Å²) in [5.41, 5.74) is 1.68. The molecule has 1 N–H and O–H groups in total. The van der Waals surface area contributed by atoms with Gasteiger partial charge in [0.05, 0.1) is 18.9 Å². The van der Waals surface area contributed by atoms with Crippen LogP contribution in [-0.4, -0.2) is 32.0 Å². The normalized spacial score (nSPS) is 26.9. The third-order valence-corrected chi connectivity index (χ3v) is 5.27. The standard InChI is InChI=1S/C20H25NO5/c1-13-8-9-15-16(18(22)24-2)12-25-19(17(13)15)26-20(23)21-11-10-14-6-4-3-5-7-14/h3-7,12-13,15,17,19H,8-11H2,1-2H3,(H,21,23). The monoisotopic (exact) mass is 359 g/mol. The third-order valence-electron chi connectivity index (χ3n) is 5.27. The second-order valence-corrected chi connectivity index (χ2v) is 6.88. The van der Waals surface area contributed by atoms with Crippen molar-refractivity contribution in [1.29, 1.82) is 0 Å². The number of methoxy groups -OCH3 is 1. The number of amides is 1. The molecule has 3 rings (SSSR count). The summed E-state index contributed by atoms with van der Waals surface area (Å²) in [6.07, 6.45) is 2.78. The van der Waals surface area contributed by atoms with E-state index in [1.165, 1.54) is 13.4 Å². The topological polar surface area (TPSA) is 73.9 Å². The van der Waals surface area contributed by atoms with E-state index in [-0.39, 0.29) is 17.8 Å². The number of ether oxygens (including phenoxy) is 3. The van der Waals surface area contributed by atoms with Crippen LogP contribution in [0.5, 0.6) is 0 Å². The maximum absolute atomic E-state index is 12.1. The highest BCUT2D eigenvalue weighted by Crippen LogP contribution is 2.46. The molecule has 2 aliphatic rings. The zero-order valence-corrected chi connectivity index (χ0v) is 15.1. The summed E-state index contributed by atoms with van der Waals surface area (Å²) >= 11 is 0. The highest BCUT2D eigenvalue weighted by molar-refractivity contribution is 5.89. The minimum absolute atomic E-state index is 0.00770. The highest BCUT2D eigenvalue weighted by Gasteiger charge is 2.48. The Kier molecular flexibility index (Phi) is 5.81. The molecule has 1 heterocycles. The number of carbonyl (C=O) groups excluding carboxylic acids is 2. The van der Waals surface area contributed by atoms with E-state index in [1.54, 1.807) is 0 Å². The maximum atomic E-state index is 12.1. The Bertz CT molecular complexity index is 672. The Morgan fingerprint density at radius 3 is 2.73 bits per heavy atom. The van der Waals surface area contributed by atoms with Crippen molar-refractivity contribution in [2.45, 2.75) is 32.5 Å². The number of nitrogens with one attached hydrogen (secondary N) is 1. The molecule has 0 bridgehead atoms. The van der Waals surface area contributed by atoms with Crippen molar-refractivity contribution < 1.29 is 23.8 Å². The number of alkyl carbamates (subject to hydrolysis) is 1. The van der Waals surface area contributed by atoms with Gasteiger partial charge in [0.1, 0.15) is 0 Å². The van der Waals surface area contributed by atoms with Gasteiger partial charge in [0.2, 0.25) is 6.29 Å². The van der Waals surface area contributed by atoms with Gasteiger partial charge in [-0.2, -0.15) is 0 Å². The molecule has 1 fully saturated rings. The van der Waals surface area contributed by atoms with Crippen LogP contribution in [0.1, 0.15) is 25.3 Å². The van der Waals surface area contributed by atoms with E-state index in [2.05, 4.69) is 12.2 Å². The van der Waals surface area contributed by atoms with Crippen LogP contribution in [0.2, 0.25) is 0 Å². The Labute approximate surface area is 153 Å². The Morgan fingerprint density at radius 2 is 2.00 bits per heavy atom. The third kappa shape index (κ3) is 4.00. The number of hydrogen-bond acceptors (Lipinski definition) is 5. The molecule has 6 heteroatoms. The summed E-state index contributed by atoms with van der Waals surface area (Å²) in [7, 11) is 1.36. The Morgan fingerprint density at radius 1 is 1.23 bits per heavy atom. The first-order valence-electron chi connectivity index (χ1n) is 9.02. The van der Waals surface area contributed by atoms with Gasteiger partial charge < -0.3 is 19.5 Å². The molecule has 0 aromatic heterocycles. The zero-order chi connectivity index (χ0) is 18.5. The average Bonchev–Trinajstić information content (AvgIpc) is 3.04. The molecule has 4 atom stereocenters. The van der Waals surface area contributed by atoms with Gasteiger partial charge in [-0.1, -0.05) is 37.3 Å². The minimum Gasteiger partial charge on any atom is -0.466 e. The smallest absolute Gasteiger partial charge is 0.410 e. The second-order valence-electron chi connectivity index (χ2n) is 6.88. The van der Waals surface area contributed by atoms with Crippen molar-refractivity contribution in [3.63, 3.8) is 0 Å². The summed E-state index contributed by atoms with van der Waals surface area (Å²) < 4.78 is 15.9. The van der Waals surface area contributed by atoms with Crippen LogP contribution in [0.3, 0.4) is 0 Å². The van der Waals surface area contributed by atoms with Gasteiger partial charge in [-0.15, -0.1) is 0 Å². The largest absolute Gasteiger partial charge is 0.466 e. The molecular formula is C20H25NO5. The number of carbonyl (C=O) groups is 2. The molecule has 140 valence electrons. The van der Waals surface area contributed by atoms with Crippen molar-refractivity contribution in [1.82, 2.24) is 5.32 Å². The summed E-state index contributed by atoms with van der Waals surface area (Å²) in [5.74, 6) is -0.0994.